The lowest BCUT2D eigenvalue weighted by molar-refractivity contribution is 0.0941. The summed E-state index contributed by atoms with van der Waals surface area (Å²) in [5.41, 5.74) is 3.00. The van der Waals surface area contributed by atoms with Crippen molar-refractivity contribution in [1.29, 1.82) is 0 Å². The van der Waals surface area contributed by atoms with Crippen LogP contribution in [0.25, 0.3) is 10.6 Å². The first-order chi connectivity index (χ1) is 12.4. The number of nitrogens with zero attached hydrogens (tertiary/aromatic N) is 2. The van der Waals surface area contributed by atoms with Crippen molar-refractivity contribution >= 4 is 33.8 Å². The van der Waals surface area contributed by atoms with E-state index in [1.807, 2.05) is 20.8 Å². The summed E-state index contributed by atoms with van der Waals surface area (Å²) in [6, 6.07) is 6.06. The van der Waals surface area contributed by atoms with E-state index in [0.717, 1.165) is 26.1 Å². The zero-order valence-electron chi connectivity index (χ0n) is 14.9. The molecule has 0 aliphatic heterocycles. The molecule has 0 fully saturated rings. The molecule has 0 bridgehead atoms. The first kappa shape index (κ1) is 18.5. The summed E-state index contributed by atoms with van der Waals surface area (Å²) in [5, 5.41) is 7.59. The van der Waals surface area contributed by atoms with Crippen LogP contribution in [0.4, 0.5) is 9.39 Å². The Balaban J connectivity index is 1.82. The molecule has 5 nitrogen and oxygen atoms in total. The van der Waals surface area contributed by atoms with E-state index in [9.17, 15) is 9.18 Å². The van der Waals surface area contributed by atoms with Gasteiger partial charge in [-0.15, -0.1) is 11.3 Å². The van der Waals surface area contributed by atoms with E-state index >= 15 is 0 Å². The summed E-state index contributed by atoms with van der Waals surface area (Å²) < 4.78 is 17.3. The first-order valence-electron chi connectivity index (χ1n) is 8.08. The average Bonchev–Trinajstić information content (AvgIpc) is 3.18. The van der Waals surface area contributed by atoms with Gasteiger partial charge in [0.2, 0.25) is 0 Å². The van der Waals surface area contributed by atoms with E-state index < -0.39 is 0 Å². The molecule has 0 saturated heterocycles. The zero-order chi connectivity index (χ0) is 18.8. The van der Waals surface area contributed by atoms with Gasteiger partial charge in [0, 0.05) is 12.6 Å². The molecular weight excluding hydrogens is 371 g/mol. The van der Waals surface area contributed by atoms with Crippen molar-refractivity contribution in [2.75, 3.05) is 12.4 Å². The summed E-state index contributed by atoms with van der Waals surface area (Å²) in [5.74, 6) is -0.438. The molecule has 2 N–H and O–H groups in total. The number of aromatic nitrogens is 2. The van der Waals surface area contributed by atoms with Crippen LogP contribution < -0.4 is 10.6 Å². The van der Waals surface area contributed by atoms with Gasteiger partial charge in [0.05, 0.1) is 27.9 Å². The highest BCUT2D eigenvalue weighted by atomic mass is 32.1. The van der Waals surface area contributed by atoms with Gasteiger partial charge in [0.1, 0.15) is 15.8 Å². The number of halogens is 1. The second-order valence-corrected chi connectivity index (χ2v) is 7.70. The molecule has 0 radical (unpaired) electrons. The fourth-order valence-electron chi connectivity index (χ4n) is 2.67. The number of aryl methyl sites for hydroxylation is 2. The summed E-state index contributed by atoms with van der Waals surface area (Å²) in [7, 11) is 1.77. The molecule has 136 valence electrons. The van der Waals surface area contributed by atoms with Crippen molar-refractivity contribution < 1.29 is 9.18 Å². The molecule has 3 rings (SSSR count). The molecule has 3 aromatic rings. The molecule has 0 aliphatic carbocycles. The molecule has 26 heavy (non-hydrogen) atoms. The van der Waals surface area contributed by atoms with Gasteiger partial charge in [0.25, 0.3) is 5.91 Å². The summed E-state index contributed by atoms with van der Waals surface area (Å²) in [4.78, 5) is 18.2. The molecule has 1 atom stereocenters. The van der Waals surface area contributed by atoms with E-state index in [2.05, 4.69) is 20.0 Å². The Morgan fingerprint density at radius 2 is 1.88 bits per heavy atom. The third-order valence-electron chi connectivity index (χ3n) is 3.98. The fourth-order valence-corrected chi connectivity index (χ4v) is 4.48. The van der Waals surface area contributed by atoms with Crippen molar-refractivity contribution in [3.63, 3.8) is 0 Å². The molecule has 1 unspecified atom stereocenters. The van der Waals surface area contributed by atoms with Crippen molar-refractivity contribution in [3.8, 4) is 10.6 Å². The zero-order valence-corrected chi connectivity index (χ0v) is 16.5. The number of rotatable bonds is 5. The van der Waals surface area contributed by atoms with Crippen molar-refractivity contribution in [2.45, 2.75) is 26.8 Å². The van der Waals surface area contributed by atoms with E-state index in [-0.39, 0.29) is 17.8 Å². The molecule has 0 spiro atoms. The van der Waals surface area contributed by atoms with Crippen LogP contribution in [-0.2, 0) is 0 Å². The number of carbonyl (C=O) groups is 1. The third-order valence-corrected chi connectivity index (χ3v) is 6.33. The molecule has 1 amide bonds. The van der Waals surface area contributed by atoms with Crippen LogP contribution in [0.15, 0.2) is 24.3 Å². The van der Waals surface area contributed by atoms with Crippen LogP contribution in [0.3, 0.4) is 0 Å². The summed E-state index contributed by atoms with van der Waals surface area (Å²) in [6.45, 7) is 5.67. The number of hydrogen-bond donors (Lipinski definition) is 2. The van der Waals surface area contributed by atoms with Gasteiger partial charge in [-0.3, -0.25) is 4.79 Å². The number of carbonyl (C=O) groups excluding carboxylic acids is 1. The predicted octanol–water partition coefficient (Wildman–Crippen LogP) is 4.56. The molecule has 2 aromatic heterocycles. The molecule has 0 aliphatic rings. The molecular formula is C18H19FN4OS2. The molecule has 8 heteroatoms. The topological polar surface area (TPSA) is 66.9 Å². The second kappa shape index (κ2) is 7.51. The Kier molecular flexibility index (Phi) is 5.33. The van der Waals surface area contributed by atoms with Crippen LogP contribution in [-0.4, -0.2) is 22.3 Å². The number of thiazole rings is 1. The maximum atomic E-state index is 13.1. The van der Waals surface area contributed by atoms with Crippen molar-refractivity contribution in [2.24, 2.45) is 0 Å². The maximum absolute atomic E-state index is 13.1. The van der Waals surface area contributed by atoms with Gasteiger partial charge < -0.3 is 10.6 Å². The van der Waals surface area contributed by atoms with Gasteiger partial charge in [-0.2, -0.15) is 4.37 Å². The quantitative estimate of drug-likeness (QED) is 0.670. The van der Waals surface area contributed by atoms with Gasteiger partial charge >= 0.3 is 0 Å². The van der Waals surface area contributed by atoms with E-state index in [4.69, 9.17) is 0 Å². The monoisotopic (exact) mass is 390 g/mol. The number of nitrogens with one attached hydrogen (secondary N) is 2. The normalized spacial score (nSPS) is 12.0. The van der Waals surface area contributed by atoms with E-state index in [1.165, 1.54) is 35.0 Å². The summed E-state index contributed by atoms with van der Waals surface area (Å²) >= 11 is 2.77. The maximum Gasteiger partial charge on any atom is 0.256 e. The highest BCUT2D eigenvalue weighted by Gasteiger charge is 2.22. The van der Waals surface area contributed by atoms with Crippen LogP contribution in [0.2, 0.25) is 0 Å². The van der Waals surface area contributed by atoms with Gasteiger partial charge in [-0.1, -0.05) is 0 Å². The molecule has 0 saturated carbocycles. The van der Waals surface area contributed by atoms with Gasteiger partial charge in [0.15, 0.2) is 0 Å². The SMILES string of the molecule is CNc1snc(C)c1C(=O)NC(C)c1sc(-c2ccc(F)cc2)nc1C. The number of anilines is 1. The lowest BCUT2D eigenvalue weighted by atomic mass is 10.2. The Morgan fingerprint density at radius 1 is 1.19 bits per heavy atom. The lowest BCUT2D eigenvalue weighted by Crippen LogP contribution is -2.27. The molecule has 2 heterocycles. The standard InChI is InChI=1S/C18H19FN4OS2/c1-9-14(18(20-4)26-23-9)16(24)21-10(2)15-11(3)22-17(25-15)12-5-7-13(19)8-6-12/h5-8,10,20H,1-4H3,(H,21,24). The van der Waals surface area contributed by atoms with Crippen LogP contribution in [0.1, 0.15) is 39.6 Å². The Morgan fingerprint density at radius 3 is 2.54 bits per heavy atom. The minimum atomic E-state index is -0.275. The average molecular weight is 391 g/mol. The van der Waals surface area contributed by atoms with E-state index in [1.54, 1.807) is 19.2 Å². The number of hydrogen-bond acceptors (Lipinski definition) is 6. The summed E-state index contributed by atoms with van der Waals surface area (Å²) in [6.07, 6.45) is 0. The highest BCUT2D eigenvalue weighted by molar-refractivity contribution is 7.15. The van der Waals surface area contributed by atoms with Gasteiger partial charge in [-0.25, -0.2) is 9.37 Å². The fraction of sp³-hybridized carbons (Fsp3) is 0.278. The number of amides is 1. The Hall–Kier alpha value is -2.32. The van der Waals surface area contributed by atoms with Crippen molar-refractivity contribution in [3.05, 3.63) is 51.9 Å². The third kappa shape index (κ3) is 3.61. The highest BCUT2D eigenvalue weighted by Crippen LogP contribution is 2.32. The Bertz CT molecular complexity index is 933. The lowest BCUT2D eigenvalue weighted by Gasteiger charge is -2.13. The predicted molar refractivity (Wildman–Crippen MR) is 105 cm³/mol. The second-order valence-electron chi connectivity index (χ2n) is 5.89. The Labute approximate surface area is 159 Å². The smallest absolute Gasteiger partial charge is 0.256 e. The van der Waals surface area contributed by atoms with Crippen LogP contribution in [0.5, 0.6) is 0 Å². The van der Waals surface area contributed by atoms with E-state index in [0.29, 0.717) is 11.3 Å². The largest absolute Gasteiger partial charge is 0.378 e. The minimum Gasteiger partial charge on any atom is -0.378 e. The van der Waals surface area contributed by atoms with Crippen LogP contribution >= 0.6 is 22.9 Å². The number of benzene rings is 1. The van der Waals surface area contributed by atoms with Crippen molar-refractivity contribution in [1.82, 2.24) is 14.7 Å². The van der Waals surface area contributed by atoms with Crippen LogP contribution in [0, 0.1) is 19.7 Å². The first-order valence-corrected chi connectivity index (χ1v) is 9.67. The minimum absolute atomic E-state index is 0.163. The van der Waals surface area contributed by atoms with Gasteiger partial charge in [-0.05, 0) is 56.6 Å². The molecule has 1 aromatic carbocycles.